The Morgan fingerprint density at radius 1 is 0.540 bits per heavy atom. The molecule has 0 spiro atoms. The van der Waals surface area contributed by atoms with Crippen LogP contribution in [0.5, 0.6) is 0 Å². The van der Waals surface area contributed by atoms with E-state index in [1.807, 2.05) is 18.5 Å². The number of benzene rings is 6. The fourth-order valence-corrected chi connectivity index (χ4v) is 7.79. The summed E-state index contributed by atoms with van der Waals surface area (Å²) in [7, 11) is 0. The molecule has 0 aliphatic heterocycles. The van der Waals surface area contributed by atoms with Gasteiger partial charge >= 0.3 is 21.1 Å². The van der Waals surface area contributed by atoms with Crippen LogP contribution < -0.4 is 0 Å². The van der Waals surface area contributed by atoms with E-state index in [4.69, 9.17) is 9.97 Å². The van der Waals surface area contributed by atoms with Crippen molar-refractivity contribution in [2.45, 2.75) is 31.6 Å². The minimum atomic E-state index is -0.707. The number of hydrogen-bond donors (Lipinski definition) is 0. The fourth-order valence-electron chi connectivity index (χ4n) is 7.79. The first-order chi connectivity index (χ1) is 23.9. The Balaban J connectivity index is 0.00000361. The molecule has 8 aromatic rings. The Bertz CT molecular complexity index is 2490. The molecule has 2 nitrogen and oxygen atoms in total. The van der Waals surface area contributed by atoms with Crippen LogP contribution in [0.15, 0.2) is 152 Å². The monoisotopic (exact) mass is 821 g/mol. The first-order valence-electron chi connectivity index (χ1n) is 16.9. The van der Waals surface area contributed by atoms with E-state index in [0.29, 0.717) is 0 Å². The summed E-state index contributed by atoms with van der Waals surface area (Å²) in [5, 5.41) is 4.57. The minimum Gasteiger partial charge on any atom is -0.305 e. The molecule has 0 N–H and O–H groups in total. The third-order valence-corrected chi connectivity index (χ3v) is 10.1. The van der Waals surface area contributed by atoms with Crippen molar-refractivity contribution in [3.63, 3.8) is 0 Å². The van der Waals surface area contributed by atoms with E-state index in [2.05, 4.69) is 166 Å². The molecule has 0 saturated heterocycles. The molecule has 9 rings (SSSR count). The van der Waals surface area contributed by atoms with E-state index in [0.717, 1.165) is 55.2 Å². The topological polar surface area (TPSA) is 25.8 Å². The van der Waals surface area contributed by atoms with E-state index >= 15 is 0 Å². The second-order valence-corrected chi connectivity index (χ2v) is 14.0. The summed E-state index contributed by atoms with van der Waals surface area (Å²) in [6, 6.07) is 58.1. The van der Waals surface area contributed by atoms with Gasteiger partial charge in [0.2, 0.25) is 0 Å². The summed E-state index contributed by atoms with van der Waals surface area (Å²) >= 11 is 0. The first-order valence-corrected chi connectivity index (χ1v) is 16.9. The molecule has 0 fully saturated rings. The van der Waals surface area contributed by atoms with Gasteiger partial charge in [-0.1, -0.05) is 135 Å². The van der Waals surface area contributed by atoms with Crippen molar-refractivity contribution in [3.8, 4) is 33.6 Å². The van der Waals surface area contributed by atoms with Gasteiger partial charge in [-0.05, 0) is 62.0 Å². The van der Waals surface area contributed by atoms with Gasteiger partial charge in [-0.25, -0.2) is 0 Å². The van der Waals surface area contributed by atoms with Gasteiger partial charge in [0.25, 0.3) is 0 Å². The fraction of sp³-hybridized carbons (Fsp3) is 0.106. The molecule has 3 heteroatoms. The molecule has 0 atom stereocenters. The van der Waals surface area contributed by atoms with Crippen LogP contribution in [0.2, 0.25) is 0 Å². The zero-order valence-electron chi connectivity index (χ0n) is 28.1. The van der Waals surface area contributed by atoms with Crippen LogP contribution in [0, 0.1) is 12.1 Å². The normalized spacial score (nSPS) is 13.1. The minimum absolute atomic E-state index is 0. The van der Waals surface area contributed by atoms with Gasteiger partial charge in [0, 0.05) is 17.8 Å². The van der Waals surface area contributed by atoms with Gasteiger partial charge in [0.15, 0.2) is 0 Å². The predicted molar refractivity (Wildman–Crippen MR) is 202 cm³/mol. The van der Waals surface area contributed by atoms with Gasteiger partial charge in [0.1, 0.15) is 0 Å². The van der Waals surface area contributed by atoms with Gasteiger partial charge in [-0.2, -0.15) is 0 Å². The van der Waals surface area contributed by atoms with Crippen LogP contribution in [-0.2, 0) is 31.9 Å². The molecule has 2 aromatic heterocycles. The summed E-state index contributed by atoms with van der Waals surface area (Å²) in [6.45, 7) is 6.87. The van der Waals surface area contributed by atoms with E-state index < -0.39 is 5.41 Å². The van der Waals surface area contributed by atoms with Gasteiger partial charge in [-0.15, -0.1) is 63.5 Å². The molecule has 2 heterocycles. The summed E-state index contributed by atoms with van der Waals surface area (Å²) in [5.41, 5.74) is 11.3. The van der Waals surface area contributed by atoms with Crippen LogP contribution in [0.3, 0.4) is 0 Å². The van der Waals surface area contributed by atoms with Crippen LogP contribution in [0.25, 0.3) is 55.2 Å². The summed E-state index contributed by atoms with van der Waals surface area (Å²) in [6.07, 6.45) is 3.78. The maximum absolute atomic E-state index is 5.00. The zero-order valence-corrected chi connectivity index (χ0v) is 30.4. The first kappa shape index (κ1) is 32.1. The molecular weight excluding hydrogens is 788 g/mol. The molecule has 0 bridgehead atoms. The average molecular weight is 822 g/mol. The predicted octanol–water partition coefficient (Wildman–Crippen LogP) is 11.4. The number of hydrogen-bond acceptors (Lipinski definition) is 2. The van der Waals surface area contributed by atoms with Crippen molar-refractivity contribution in [1.29, 1.82) is 0 Å². The maximum atomic E-state index is 5.00. The zero-order chi connectivity index (χ0) is 33.2. The molecule has 242 valence electrons. The SMILES string of the molecule is CC(C)(C)c1cc(-c2nccc3ccccc23)[c-]c(C2(c3[c-]c(-c4ccccn4)c4ccccc4c3)c3ccccc3-c3ccccc32)c1.[Pt+2]. The van der Waals surface area contributed by atoms with E-state index in [-0.39, 0.29) is 26.5 Å². The van der Waals surface area contributed by atoms with Crippen molar-refractivity contribution >= 4 is 21.5 Å². The summed E-state index contributed by atoms with van der Waals surface area (Å²) in [4.78, 5) is 9.83. The third kappa shape index (κ3) is 4.97. The average Bonchev–Trinajstić information content (AvgIpc) is 3.45. The molecule has 0 saturated carbocycles. The van der Waals surface area contributed by atoms with E-state index in [1.54, 1.807) is 0 Å². The quantitative estimate of drug-likeness (QED) is 0.165. The number of pyridine rings is 2. The maximum Gasteiger partial charge on any atom is 2.00 e. The molecule has 6 aromatic carbocycles. The van der Waals surface area contributed by atoms with Crippen molar-refractivity contribution in [2.24, 2.45) is 0 Å². The van der Waals surface area contributed by atoms with E-state index in [1.165, 1.54) is 27.8 Å². The number of rotatable bonds is 4. The Labute approximate surface area is 308 Å². The molecule has 1 aliphatic rings. The van der Waals surface area contributed by atoms with Crippen molar-refractivity contribution < 1.29 is 21.1 Å². The number of aromatic nitrogens is 2. The van der Waals surface area contributed by atoms with Gasteiger partial charge in [-0.3, -0.25) is 0 Å². The smallest absolute Gasteiger partial charge is 0.305 e. The summed E-state index contributed by atoms with van der Waals surface area (Å²) < 4.78 is 0. The Morgan fingerprint density at radius 2 is 1.16 bits per heavy atom. The van der Waals surface area contributed by atoms with Crippen molar-refractivity contribution in [2.75, 3.05) is 0 Å². The van der Waals surface area contributed by atoms with Crippen molar-refractivity contribution in [1.82, 2.24) is 9.97 Å². The second-order valence-electron chi connectivity index (χ2n) is 14.0. The van der Waals surface area contributed by atoms with E-state index in [9.17, 15) is 0 Å². The van der Waals surface area contributed by atoms with Crippen LogP contribution in [0.4, 0.5) is 0 Å². The number of fused-ring (bicyclic) bond motifs is 5. The Hall–Kier alpha value is -5.17. The third-order valence-electron chi connectivity index (χ3n) is 10.1. The Kier molecular flexibility index (Phi) is 7.89. The number of nitrogens with zero attached hydrogens (tertiary/aromatic N) is 2. The second kappa shape index (κ2) is 12.3. The molecule has 0 radical (unpaired) electrons. The van der Waals surface area contributed by atoms with Gasteiger partial charge < -0.3 is 9.97 Å². The largest absolute Gasteiger partial charge is 2.00 e. The van der Waals surface area contributed by atoms with Crippen molar-refractivity contribution in [3.05, 3.63) is 192 Å². The molecule has 0 amide bonds. The van der Waals surface area contributed by atoms with Crippen LogP contribution in [0.1, 0.15) is 48.6 Å². The standard InChI is InChI=1S/C47H34N2.Pt/c1-46(2,3)34-27-33(45-38-17-7-4-14-31(38)23-25-49-45)28-35(29-34)47(42-20-10-8-18-39(42)40-19-9-11-21-43(40)47)36-26-32-15-5-6-16-37(32)41(30-36)44-22-12-13-24-48-44;/h4-27,29H,1-3H3;/q-2;+2. The molecule has 0 unspecified atom stereocenters. The molecule has 1 aliphatic carbocycles. The van der Waals surface area contributed by atoms with Gasteiger partial charge in [0.05, 0.1) is 0 Å². The molecular formula is C47H34N2Pt. The Morgan fingerprint density at radius 3 is 1.86 bits per heavy atom. The summed E-state index contributed by atoms with van der Waals surface area (Å²) in [5.74, 6) is 0. The van der Waals surface area contributed by atoms with Crippen LogP contribution in [-0.4, -0.2) is 9.97 Å². The van der Waals surface area contributed by atoms with Crippen LogP contribution >= 0.6 is 0 Å². The molecule has 50 heavy (non-hydrogen) atoms.